The van der Waals surface area contributed by atoms with E-state index in [0.717, 1.165) is 18.6 Å². The second-order valence-electron chi connectivity index (χ2n) is 5.55. The fraction of sp³-hybridized carbons (Fsp3) is 0.600. The average Bonchev–Trinajstić information content (AvgIpc) is 2.61. The molecule has 0 radical (unpaired) electrons. The Morgan fingerprint density at radius 2 is 2.12 bits per heavy atom. The molecular formula is C15H22O2. The number of aryl methyl sites for hydroxylation is 1. The number of hydrogen-bond donors (Lipinski definition) is 0. The Hall–Kier alpha value is -1.02. The maximum atomic E-state index is 5.92. The first-order valence-electron chi connectivity index (χ1n) is 6.35. The van der Waals surface area contributed by atoms with Crippen LogP contribution >= 0.6 is 0 Å². The minimum absolute atomic E-state index is 0.0235. The van der Waals surface area contributed by atoms with Crippen molar-refractivity contribution in [1.29, 1.82) is 0 Å². The second kappa shape index (κ2) is 4.69. The van der Waals surface area contributed by atoms with Crippen LogP contribution in [0.1, 0.15) is 37.8 Å². The molecule has 0 aromatic heterocycles. The molecule has 1 aliphatic heterocycles. The van der Waals surface area contributed by atoms with Gasteiger partial charge >= 0.3 is 0 Å². The molecule has 1 fully saturated rings. The zero-order valence-electron chi connectivity index (χ0n) is 11.2. The van der Waals surface area contributed by atoms with Crippen molar-refractivity contribution in [2.75, 3.05) is 6.61 Å². The van der Waals surface area contributed by atoms with Gasteiger partial charge in [-0.15, -0.1) is 0 Å². The molecule has 2 nitrogen and oxygen atoms in total. The quantitative estimate of drug-likeness (QED) is 0.795. The molecule has 1 aromatic carbocycles. The van der Waals surface area contributed by atoms with E-state index in [1.54, 1.807) is 0 Å². The lowest BCUT2D eigenvalue weighted by molar-refractivity contribution is -0.0327. The third kappa shape index (κ3) is 3.01. The summed E-state index contributed by atoms with van der Waals surface area (Å²) in [5.41, 5.74) is 2.52. The smallest absolute Gasteiger partial charge is 0.122 e. The van der Waals surface area contributed by atoms with Crippen molar-refractivity contribution >= 4 is 0 Å². The van der Waals surface area contributed by atoms with Gasteiger partial charge in [0.2, 0.25) is 0 Å². The summed E-state index contributed by atoms with van der Waals surface area (Å²) in [4.78, 5) is 0. The van der Waals surface area contributed by atoms with Gasteiger partial charge in [-0.25, -0.2) is 0 Å². The highest BCUT2D eigenvalue weighted by molar-refractivity contribution is 5.38. The van der Waals surface area contributed by atoms with Gasteiger partial charge in [-0.3, -0.25) is 0 Å². The van der Waals surface area contributed by atoms with E-state index >= 15 is 0 Å². The molecule has 0 amide bonds. The Balaban J connectivity index is 1.93. The van der Waals surface area contributed by atoms with Crippen molar-refractivity contribution in [2.24, 2.45) is 0 Å². The Morgan fingerprint density at radius 3 is 2.76 bits per heavy atom. The topological polar surface area (TPSA) is 18.5 Å². The summed E-state index contributed by atoms with van der Waals surface area (Å²) in [6.45, 7) is 9.16. The first kappa shape index (κ1) is 12.4. The van der Waals surface area contributed by atoms with Gasteiger partial charge in [-0.05, 0) is 57.7 Å². The molecule has 1 unspecified atom stereocenters. The average molecular weight is 234 g/mol. The van der Waals surface area contributed by atoms with Crippen molar-refractivity contribution in [1.82, 2.24) is 0 Å². The van der Waals surface area contributed by atoms with E-state index in [-0.39, 0.29) is 11.7 Å². The first-order chi connectivity index (χ1) is 7.98. The van der Waals surface area contributed by atoms with E-state index in [0.29, 0.717) is 6.61 Å². The Bertz CT molecular complexity index is 396. The minimum atomic E-state index is 0.0235. The van der Waals surface area contributed by atoms with Crippen LogP contribution in [-0.2, 0) is 4.74 Å². The van der Waals surface area contributed by atoms with Gasteiger partial charge < -0.3 is 9.47 Å². The van der Waals surface area contributed by atoms with Crippen LogP contribution in [0, 0.1) is 13.8 Å². The fourth-order valence-electron chi connectivity index (χ4n) is 2.26. The molecule has 0 spiro atoms. The third-order valence-corrected chi connectivity index (χ3v) is 3.53. The van der Waals surface area contributed by atoms with Crippen LogP contribution in [0.2, 0.25) is 0 Å². The van der Waals surface area contributed by atoms with Crippen molar-refractivity contribution in [3.05, 3.63) is 29.3 Å². The summed E-state index contributed by atoms with van der Waals surface area (Å²) in [5, 5.41) is 0. The van der Waals surface area contributed by atoms with Crippen LogP contribution in [0.25, 0.3) is 0 Å². The summed E-state index contributed by atoms with van der Waals surface area (Å²) < 4.78 is 11.8. The van der Waals surface area contributed by atoms with Crippen molar-refractivity contribution in [3.8, 4) is 5.75 Å². The van der Waals surface area contributed by atoms with Gasteiger partial charge in [0.05, 0.1) is 11.7 Å². The van der Waals surface area contributed by atoms with E-state index in [1.807, 2.05) is 12.1 Å². The highest BCUT2D eigenvalue weighted by Gasteiger charge is 2.31. The lowest BCUT2D eigenvalue weighted by Crippen LogP contribution is -2.24. The number of ether oxygens (including phenoxy) is 2. The highest BCUT2D eigenvalue weighted by atomic mass is 16.6. The van der Waals surface area contributed by atoms with Crippen molar-refractivity contribution in [2.45, 2.75) is 52.2 Å². The molecule has 0 saturated carbocycles. The van der Waals surface area contributed by atoms with Crippen LogP contribution in [0.4, 0.5) is 0 Å². The molecule has 1 aromatic rings. The van der Waals surface area contributed by atoms with Crippen LogP contribution in [0.3, 0.4) is 0 Å². The summed E-state index contributed by atoms with van der Waals surface area (Å²) in [6, 6.07) is 6.18. The van der Waals surface area contributed by atoms with Crippen LogP contribution in [0.5, 0.6) is 5.75 Å². The van der Waals surface area contributed by atoms with Gasteiger partial charge in [-0.1, -0.05) is 12.1 Å². The molecule has 1 heterocycles. The van der Waals surface area contributed by atoms with Gasteiger partial charge in [-0.2, -0.15) is 0 Å². The summed E-state index contributed by atoms with van der Waals surface area (Å²) in [5.74, 6) is 0.985. The van der Waals surface area contributed by atoms with E-state index in [1.165, 1.54) is 11.1 Å². The lowest BCUT2D eigenvalue weighted by atomic mass is 10.1. The predicted octanol–water partition coefficient (Wildman–Crippen LogP) is 3.64. The fourth-order valence-corrected chi connectivity index (χ4v) is 2.26. The monoisotopic (exact) mass is 234 g/mol. The Kier molecular flexibility index (Phi) is 3.43. The first-order valence-corrected chi connectivity index (χ1v) is 6.35. The molecule has 94 valence electrons. The van der Waals surface area contributed by atoms with E-state index in [2.05, 4.69) is 33.8 Å². The maximum absolute atomic E-state index is 5.92. The molecule has 2 rings (SSSR count). The molecule has 2 heteroatoms. The number of rotatable bonds is 3. The molecule has 17 heavy (non-hydrogen) atoms. The second-order valence-corrected chi connectivity index (χ2v) is 5.55. The van der Waals surface area contributed by atoms with Crippen molar-refractivity contribution in [3.63, 3.8) is 0 Å². The maximum Gasteiger partial charge on any atom is 0.122 e. The molecule has 1 atom stereocenters. The van der Waals surface area contributed by atoms with Gasteiger partial charge in [0.15, 0.2) is 0 Å². The van der Waals surface area contributed by atoms with Gasteiger partial charge in [0, 0.05) is 0 Å². The molecule has 0 aliphatic carbocycles. The van der Waals surface area contributed by atoms with Crippen LogP contribution < -0.4 is 4.74 Å². The van der Waals surface area contributed by atoms with Gasteiger partial charge in [0.25, 0.3) is 0 Å². The summed E-state index contributed by atoms with van der Waals surface area (Å²) in [6.07, 6.45) is 2.45. The Labute approximate surface area is 104 Å². The highest BCUT2D eigenvalue weighted by Crippen LogP contribution is 2.30. The van der Waals surface area contributed by atoms with Crippen LogP contribution in [-0.4, -0.2) is 18.3 Å². The molecule has 1 aliphatic rings. The molecular weight excluding hydrogens is 212 g/mol. The standard InChI is InChI=1S/C15H22O2/c1-11-6-5-7-14(12(11)2)16-10-13-8-9-15(3,4)17-13/h5-7,13H,8-10H2,1-4H3. The Morgan fingerprint density at radius 1 is 1.35 bits per heavy atom. The SMILES string of the molecule is Cc1cccc(OCC2CCC(C)(C)O2)c1C. The van der Waals surface area contributed by atoms with Crippen molar-refractivity contribution < 1.29 is 9.47 Å². The van der Waals surface area contributed by atoms with Crippen LogP contribution in [0.15, 0.2) is 18.2 Å². The van der Waals surface area contributed by atoms with Gasteiger partial charge in [0.1, 0.15) is 12.4 Å². The summed E-state index contributed by atoms with van der Waals surface area (Å²) >= 11 is 0. The number of hydrogen-bond acceptors (Lipinski definition) is 2. The molecule has 1 saturated heterocycles. The predicted molar refractivity (Wildman–Crippen MR) is 69.6 cm³/mol. The third-order valence-electron chi connectivity index (χ3n) is 3.53. The zero-order valence-corrected chi connectivity index (χ0v) is 11.2. The summed E-state index contributed by atoms with van der Waals surface area (Å²) in [7, 11) is 0. The normalized spacial score (nSPS) is 22.7. The minimum Gasteiger partial charge on any atom is -0.491 e. The molecule has 0 bridgehead atoms. The lowest BCUT2D eigenvalue weighted by Gasteiger charge is -2.20. The van der Waals surface area contributed by atoms with E-state index < -0.39 is 0 Å². The number of benzene rings is 1. The van der Waals surface area contributed by atoms with E-state index in [9.17, 15) is 0 Å². The largest absolute Gasteiger partial charge is 0.491 e. The zero-order chi connectivity index (χ0) is 12.5. The molecule has 0 N–H and O–H groups in total. The van der Waals surface area contributed by atoms with E-state index in [4.69, 9.17) is 9.47 Å².